The summed E-state index contributed by atoms with van der Waals surface area (Å²) >= 11 is 5.85. The predicted octanol–water partition coefficient (Wildman–Crippen LogP) is 2.69. The standard InChI is InChI=1S/C14H18ClNO3/c1-16(9-11-4-2-3-7-19-11)14(18)12-8-10(15)5-6-13(12)17/h5-6,8,11,17H,2-4,7,9H2,1H3. The second-order valence-electron chi connectivity index (χ2n) is 4.84. The summed E-state index contributed by atoms with van der Waals surface area (Å²) in [6.45, 7) is 1.29. The number of phenols is 1. The zero-order chi connectivity index (χ0) is 13.8. The third-order valence-electron chi connectivity index (χ3n) is 3.29. The van der Waals surface area contributed by atoms with E-state index in [1.54, 1.807) is 18.0 Å². The molecular formula is C14H18ClNO3. The zero-order valence-electron chi connectivity index (χ0n) is 10.9. The molecule has 1 aromatic rings. The lowest BCUT2D eigenvalue weighted by Crippen LogP contribution is -2.37. The van der Waals surface area contributed by atoms with Crippen molar-refractivity contribution in [1.29, 1.82) is 0 Å². The topological polar surface area (TPSA) is 49.8 Å². The highest BCUT2D eigenvalue weighted by molar-refractivity contribution is 6.31. The Labute approximate surface area is 117 Å². The monoisotopic (exact) mass is 283 g/mol. The van der Waals surface area contributed by atoms with Crippen molar-refractivity contribution in [1.82, 2.24) is 4.90 Å². The van der Waals surface area contributed by atoms with Gasteiger partial charge in [0, 0.05) is 25.2 Å². The van der Waals surface area contributed by atoms with Crippen molar-refractivity contribution in [3.63, 3.8) is 0 Å². The second-order valence-corrected chi connectivity index (χ2v) is 5.27. The Balaban J connectivity index is 2.03. The van der Waals surface area contributed by atoms with Crippen LogP contribution in [0.5, 0.6) is 5.75 Å². The second kappa shape index (κ2) is 6.26. The van der Waals surface area contributed by atoms with E-state index in [-0.39, 0.29) is 23.3 Å². The van der Waals surface area contributed by atoms with Gasteiger partial charge >= 0.3 is 0 Å². The molecule has 1 N–H and O–H groups in total. The molecule has 5 heteroatoms. The molecule has 0 saturated carbocycles. The maximum atomic E-state index is 12.2. The molecule has 1 aromatic carbocycles. The summed E-state index contributed by atoms with van der Waals surface area (Å²) < 4.78 is 5.61. The van der Waals surface area contributed by atoms with E-state index in [1.165, 1.54) is 12.1 Å². The molecule has 0 radical (unpaired) electrons. The lowest BCUT2D eigenvalue weighted by atomic mass is 10.1. The van der Waals surface area contributed by atoms with E-state index in [0.29, 0.717) is 11.6 Å². The molecule has 0 bridgehead atoms. The van der Waals surface area contributed by atoms with E-state index in [2.05, 4.69) is 0 Å². The molecule has 1 fully saturated rings. The summed E-state index contributed by atoms with van der Waals surface area (Å²) in [5.41, 5.74) is 0.228. The summed E-state index contributed by atoms with van der Waals surface area (Å²) in [6.07, 6.45) is 3.28. The molecular weight excluding hydrogens is 266 g/mol. The van der Waals surface area contributed by atoms with Crippen molar-refractivity contribution >= 4 is 17.5 Å². The number of phenolic OH excluding ortho intramolecular Hbond substituents is 1. The highest BCUT2D eigenvalue weighted by Gasteiger charge is 2.21. The summed E-state index contributed by atoms with van der Waals surface area (Å²) in [5, 5.41) is 10.2. The van der Waals surface area contributed by atoms with E-state index < -0.39 is 0 Å². The number of carbonyl (C=O) groups excluding carboxylic acids is 1. The van der Waals surface area contributed by atoms with Gasteiger partial charge in [-0.3, -0.25) is 4.79 Å². The van der Waals surface area contributed by atoms with Gasteiger partial charge in [-0.25, -0.2) is 0 Å². The van der Waals surface area contributed by atoms with Crippen LogP contribution in [-0.4, -0.2) is 42.2 Å². The van der Waals surface area contributed by atoms with Crippen LogP contribution in [0.4, 0.5) is 0 Å². The Kier molecular flexibility index (Phi) is 4.66. The van der Waals surface area contributed by atoms with Crippen LogP contribution in [0.3, 0.4) is 0 Å². The number of nitrogens with zero attached hydrogens (tertiary/aromatic N) is 1. The average Bonchev–Trinajstić information content (AvgIpc) is 2.42. The van der Waals surface area contributed by atoms with Crippen LogP contribution in [0.25, 0.3) is 0 Å². The van der Waals surface area contributed by atoms with E-state index in [0.717, 1.165) is 25.9 Å². The largest absolute Gasteiger partial charge is 0.507 e. The van der Waals surface area contributed by atoms with E-state index >= 15 is 0 Å². The minimum atomic E-state index is -0.242. The normalized spacial score (nSPS) is 19.2. The number of ether oxygens (including phenoxy) is 1. The highest BCUT2D eigenvalue weighted by atomic mass is 35.5. The van der Waals surface area contributed by atoms with Crippen molar-refractivity contribution in [2.75, 3.05) is 20.2 Å². The Morgan fingerprint density at radius 1 is 1.53 bits per heavy atom. The first kappa shape index (κ1) is 14.2. The fourth-order valence-electron chi connectivity index (χ4n) is 2.22. The van der Waals surface area contributed by atoms with Crippen LogP contribution in [0.2, 0.25) is 5.02 Å². The number of rotatable bonds is 3. The van der Waals surface area contributed by atoms with Crippen LogP contribution in [-0.2, 0) is 4.74 Å². The molecule has 104 valence electrons. The van der Waals surface area contributed by atoms with Gasteiger partial charge in [-0.2, -0.15) is 0 Å². The Morgan fingerprint density at radius 3 is 3.00 bits per heavy atom. The van der Waals surface area contributed by atoms with Gasteiger partial charge < -0.3 is 14.7 Å². The molecule has 0 aliphatic carbocycles. The lowest BCUT2D eigenvalue weighted by Gasteiger charge is -2.27. The van der Waals surface area contributed by atoms with Crippen LogP contribution in [0.15, 0.2) is 18.2 Å². The van der Waals surface area contributed by atoms with Crippen molar-refractivity contribution in [2.45, 2.75) is 25.4 Å². The number of carbonyl (C=O) groups is 1. The van der Waals surface area contributed by atoms with Gasteiger partial charge in [0.25, 0.3) is 5.91 Å². The Hall–Kier alpha value is -1.26. The SMILES string of the molecule is CN(CC1CCCCO1)C(=O)c1cc(Cl)ccc1O. The minimum absolute atomic E-state index is 0.0502. The van der Waals surface area contributed by atoms with Crippen LogP contribution < -0.4 is 0 Å². The van der Waals surface area contributed by atoms with E-state index in [9.17, 15) is 9.90 Å². The third-order valence-corrected chi connectivity index (χ3v) is 3.52. The molecule has 1 unspecified atom stereocenters. The number of likely N-dealkylation sites (N-methyl/N-ethyl adjacent to an activating group) is 1. The zero-order valence-corrected chi connectivity index (χ0v) is 11.7. The molecule has 0 aromatic heterocycles. The van der Waals surface area contributed by atoms with Gasteiger partial charge in [-0.1, -0.05) is 11.6 Å². The molecule has 1 aliphatic heterocycles. The maximum absolute atomic E-state index is 12.2. The van der Waals surface area contributed by atoms with Crippen molar-refractivity contribution in [2.24, 2.45) is 0 Å². The number of benzene rings is 1. The molecule has 1 atom stereocenters. The smallest absolute Gasteiger partial charge is 0.257 e. The highest BCUT2D eigenvalue weighted by Crippen LogP contribution is 2.23. The molecule has 0 spiro atoms. The number of hydrogen-bond acceptors (Lipinski definition) is 3. The summed E-state index contributed by atoms with van der Waals surface area (Å²) in [7, 11) is 1.71. The van der Waals surface area contributed by atoms with E-state index in [1.807, 2.05) is 0 Å². The number of halogens is 1. The van der Waals surface area contributed by atoms with Gasteiger partial charge in [0.15, 0.2) is 0 Å². The summed E-state index contributed by atoms with van der Waals surface area (Å²) in [5.74, 6) is -0.292. The maximum Gasteiger partial charge on any atom is 0.257 e. The van der Waals surface area contributed by atoms with Crippen LogP contribution in [0, 0.1) is 0 Å². The number of hydrogen-bond donors (Lipinski definition) is 1. The van der Waals surface area contributed by atoms with Crippen LogP contribution in [0.1, 0.15) is 29.6 Å². The fraction of sp³-hybridized carbons (Fsp3) is 0.500. The van der Waals surface area contributed by atoms with Crippen molar-refractivity contribution in [3.05, 3.63) is 28.8 Å². The Morgan fingerprint density at radius 2 is 2.32 bits per heavy atom. The molecule has 1 saturated heterocycles. The van der Waals surface area contributed by atoms with Crippen molar-refractivity contribution < 1.29 is 14.6 Å². The predicted molar refractivity (Wildman–Crippen MR) is 73.7 cm³/mol. The quantitative estimate of drug-likeness (QED) is 0.928. The fourth-order valence-corrected chi connectivity index (χ4v) is 2.40. The molecule has 4 nitrogen and oxygen atoms in total. The summed E-state index contributed by atoms with van der Waals surface area (Å²) in [4.78, 5) is 13.8. The van der Waals surface area contributed by atoms with Gasteiger partial charge in [0.1, 0.15) is 5.75 Å². The van der Waals surface area contributed by atoms with Gasteiger partial charge in [-0.05, 0) is 37.5 Å². The lowest BCUT2D eigenvalue weighted by molar-refractivity contribution is -0.000239. The molecule has 1 aliphatic rings. The first-order chi connectivity index (χ1) is 9.08. The van der Waals surface area contributed by atoms with Gasteiger partial charge in [0.2, 0.25) is 0 Å². The van der Waals surface area contributed by atoms with E-state index in [4.69, 9.17) is 16.3 Å². The first-order valence-corrected chi connectivity index (χ1v) is 6.81. The van der Waals surface area contributed by atoms with Gasteiger partial charge in [-0.15, -0.1) is 0 Å². The molecule has 1 heterocycles. The third kappa shape index (κ3) is 3.61. The minimum Gasteiger partial charge on any atom is -0.507 e. The molecule has 19 heavy (non-hydrogen) atoms. The van der Waals surface area contributed by atoms with Crippen LogP contribution >= 0.6 is 11.6 Å². The molecule has 2 rings (SSSR count). The first-order valence-electron chi connectivity index (χ1n) is 6.43. The summed E-state index contributed by atoms with van der Waals surface area (Å²) in [6, 6.07) is 4.47. The number of aromatic hydroxyl groups is 1. The molecule has 1 amide bonds. The Bertz CT molecular complexity index is 458. The van der Waals surface area contributed by atoms with Crippen molar-refractivity contribution in [3.8, 4) is 5.75 Å². The number of amides is 1. The average molecular weight is 284 g/mol. The van der Waals surface area contributed by atoms with Gasteiger partial charge in [0.05, 0.1) is 11.7 Å².